The summed E-state index contributed by atoms with van der Waals surface area (Å²) in [7, 11) is -2.33. The molecule has 4 aromatic rings. The van der Waals surface area contributed by atoms with Gasteiger partial charge in [0.2, 0.25) is 10.0 Å². The van der Waals surface area contributed by atoms with Crippen LogP contribution >= 0.6 is 0 Å². The van der Waals surface area contributed by atoms with Gasteiger partial charge in [-0.25, -0.2) is 22.5 Å². The number of sulfonamides is 1. The zero-order valence-electron chi connectivity index (χ0n) is 16.9. The zero-order chi connectivity index (χ0) is 22.6. The van der Waals surface area contributed by atoms with Crippen LogP contribution in [0.5, 0.6) is 5.75 Å². The molecule has 2 aromatic heterocycles. The first-order valence-electron chi connectivity index (χ1n) is 9.50. The van der Waals surface area contributed by atoms with E-state index >= 15 is 0 Å². The molecule has 0 bridgehead atoms. The summed E-state index contributed by atoms with van der Waals surface area (Å²) in [4.78, 5) is 8.16. The molecule has 0 aliphatic heterocycles. The number of nitrogens with one attached hydrogen (secondary N) is 2. The number of hydrogen-bond donors (Lipinski definition) is 2. The molecule has 2 N–H and O–H groups in total. The number of ether oxygens (including phenoxy) is 1. The van der Waals surface area contributed by atoms with Gasteiger partial charge in [-0.05, 0) is 54.1 Å². The fourth-order valence-corrected chi connectivity index (χ4v) is 3.95. The summed E-state index contributed by atoms with van der Waals surface area (Å²) in [5.74, 6) is 0.470. The molecule has 0 amide bonds. The molecule has 0 saturated carbocycles. The van der Waals surface area contributed by atoms with E-state index in [9.17, 15) is 12.8 Å². The van der Waals surface area contributed by atoms with Crippen LogP contribution in [0.1, 0.15) is 5.56 Å². The van der Waals surface area contributed by atoms with Crippen molar-refractivity contribution in [2.45, 2.75) is 11.4 Å². The first-order chi connectivity index (χ1) is 15.4. The number of rotatable bonds is 8. The van der Waals surface area contributed by atoms with Gasteiger partial charge in [-0.1, -0.05) is 6.07 Å². The Hall–Kier alpha value is -3.76. The van der Waals surface area contributed by atoms with Crippen LogP contribution in [-0.4, -0.2) is 25.5 Å². The number of halogens is 1. The third-order valence-corrected chi connectivity index (χ3v) is 5.95. The minimum atomic E-state index is -3.80. The smallest absolute Gasteiger partial charge is 0.299 e. The molecule has 0 radical (unpaired) electrons. The lowest BCUT2D eigenvalue weighted by molar-refractivity contribution is 0.416. The molecule has 2 aromatic carbocycles. The van der Waals surface area contributed by atoms with Crippen molar-refractivity contribution in [2.24, 2.45) is 0 Å². The summed E-state index contributed by atoms with van der Waals surface area (Å²) in [5.41, 5.74) is 1.73. The highest BCUT2D eigenvalue weighted by Crippen LogP contribution is 2.31. The van der Waals surface area contributed by atoms with Gasteiger partial charge >= 0.3 is 0 Å². The lowest BCUT2D eigenvalue weighted by Gasteiger charge is -2.12. The van der Waals surface area contributed by atoms with Crippen LogP contribution in [0.2, 0.25) is 0 Å². The van der Waals surface area contributed by atoms with E-state index in [1.54, 1.807) is 36.7 Å². The van der Waals surface area contributed by atoms with Crippen molar-refractivity contribution in [3.8, 4) is 17.1 Å². The molecule has 8 nitrogen and oxygen atoms in total. The second kappa shape index (κ2) is 9.16. The number of benzene rings is 2. The van der Waals surface area contributed by atoms with E-state index in [0.29, 0.717) is 22.8 Å². The highest BCUT2D eigenvalue weighted by Gasteiger charge is 2.18. The van der Waals surface area contributed by atoms with Crippen molar-refractivity contribution >= 4 is 21.7 Å². The Balaban J connectivity index is 1.55. The summed E-state index contributed by atoms with van der Waals surface area (Å²) in [6, 6.07) is 13.8. The highest BCUT2D eigenvalue weighted by atomic mass is 32.2. The highest BCUT2D eigenvalue weighted by molar-refractivity contribution is 7.89. The first-order valence-corrected chi connectivity index (χ1v) is 11.0. The molecule has 32 heavy (non-hydrogen) atoms. The summed E-state index contributed by atoms with van der Waals surface area (Å²) < 4.78 is 52.2. The number of pyridine rings is 1. The largest absolute Gasteiger partial charge is 0.495 e. The molecule has 0 saturated heterocycles. The van der Waals surface area contributed by atoms with Gasteiger partial charge < -0.3 is 14.5 Å². The average Bonchev–Trinajstić information content (AvgIpc) is 3.27. The standard InChI is InChI=1S/C22H19FN4O4S/c1-30-20-9-8-18(32(28,29)26-13-15-3-2-10-24-12-15)11-19(20)27-22-25-14-21(31-22)16-4-6-17(23)7-5-16/h2-12,14,26H,13H2,1H3,(H,25,27). The van der Waals surface area contributed by atoms with E-state index < -0.39 is 10.0 Å². The fourth-order valence-electron chi connectivity index (χ4n) is 2.91. The molecule has 0 fully saturated rings. The van der Waals surface area contributed by atoms with Crippen LogP contribution in [0, 0.1) is 5.82 Å². The van der Waals surface area contributed by atoms with Crippen molar-refractivity contribution in [2.75, 3.05) is 12.4 Å². The van der Waals surface area contributed by atoms with Gasteiger partial charge in [0, 0.05) is 24.5 Å². The van der Waals surface area contributed by atoms with Gasteiger partial charge in [-0.3, -0.25) is 4.98 Å². The van der Waals surface area contributed by atoms with Crippen LogP contribution in [-0.2, 0) is 16.6 Å². The van der Waals surface area contributed by atoms with Crippen molar-refractivity contribution in [1.29, 1.82) is 0 Å². The number of anilines is 2. The second-order valence-corrected chi connectivity index (χ2v) is 8.48. The van der Waals surface area contributed by atoms with E-state index in [2.05, 4.69) is 20.0 Å². The Kier molecular flexibility index (Phi) is 6.15. The van der Waals surface area contributed by atoms with Crippen molar-refractivity contribution in [3.63, 3.8) is 0 Å². The molecule has 0 atom stereocenters. The molecule has 2 heterocycles. The normalized spacial score (nSPS) is 11.3. The predicted molar refractivity (Wildman–Crippen MR) is 116 cm³/mol. The summed E-state index contributed by atoms with van der Waals surface area (Å²) in [6.07, 6.45) is 4.69. The van der Waals surface area contributed by atoms with Gasteiger partial charge in [0.15, 0.2) is 5.76 Å². The van der Waals surface area contributed by atoms with Crippen molar-refractivity contribution in [3.05, 3.63) is 84.6 Å². The topological polar surface area (TPSA) is 106 Å². The van der Waals surface area contributed by atoms with Gasteiger partial charge in [-0.15, -0.1) is 0 Å². The Morgan fingerprint density at radius 1 is 1.09 bits per heavy atom. The third kappa shape index (κ3) is 4.93. The van der Waals surface area contributed by atoms with Crippen LogP contribution in [0.25, 0.3) is 11.3 Å². The maximum absolute atomic E-state index is 13.1. The maximum Gasteiger partial charge on any atom is 0.299 e. The molecule has 0 aliphatic rings. The third-order valence-electron chi connectivity index (χ3n) is 4.55. The van der Waals surface area contributed by atoms with Crippen molar-refractivity contribution < 1.29 is 22.0 Å². The van der Waals surface area contributed by atoms with Crippen LogP contribution in [0.15, 0.2) is 82.5 Å². The number of nitrogens with zero attached hydrogens (tertiary/aromatic N) is 2. The Labute approximate surface area is 184 Å². The van der Waals surface area contributed by atoms with Crippen LogP contribution < -0.4 is 14.8 Å². The van der Waals surface area contributed by atoms with Crippen LogP contribution in [0.3, 0.4) is 0 Å². The van der Waals surface area contributed by atoms with Gasteiger partial charge in [0.1, 0.15) is 11.6 Å². The molecule has 0 unspecified atom stereocenters. The van der Waals surface area contributed by atoms with Gasteiger partial charge in [0.25, 0.3) is 6.01 Å². The molecular weight excluding hydrogens is 435 g/mol. The zero-order valence-corrected chi connectivity index (χ0v) is 17.8. The molecule has 10 heteroatoms. The summed E-state index contributed by atoms with van der Waals surface area (Å²) in [6.45, 7) is 0.103. The molecule has 0 spiro atoms. The van der Waals surface area contributed by atoms with E-state index in [4.69, 9.17) is 9.15 Å². The van der Waals surface area contributed by atoms with E-state index in [-0.39, 0.29) is 23.3 Å². The summed E-state index contributed by atoms with van der Waals surface area (Å²) in [5, 5.41) is 2.93. The number of aromatic nitrogens is 2. The summed E-state index contributed by atoms with van der Waals surface area (Å²) >= 11 is 0. The Bertz CT molecular complexity index is 1310. The Morgan fingerprint density at radius 3 is 2.62 bits per heavy atom. The van der Waals surface area contributed by atoms with E-state index in [1.807, 2.05) is 0 Å². The first kappa shape index (κ1) is 21.5. The maximum atomic E-state index is 13.1. The minimum Gasteiger partial charge on any atom is -0.495 e. The number of hydrogen-bond acceptors (Lipinski definition) is 7. The molecule has 164 valence electrons. The SMILES string of the molecule is COc1ccc(S(=O)(=O)NCc2cccnc2)cc1Nc1ncc(-c2ccc(F)cc2)o1. The van der Waals surface area contributed by atoms with E-state index in [1.165, 1.54) is 43.6 Å². The van der Waals surface area contributed by atoms with Crippen molar-refractivity contribution in [1.82, 2.24) is 14.7 Å². The number of methoxy groups -OCH3 is 1. The van der Waals surface area contributed by atoms with E-state index in [0.717, 1.165) is 5.56 Å². The lowest BCUT2D eigenvalue weighted by Crippen LogP contribution is -2.23. The second-order valence-electron chi connectivity index (χ2n) is 6.71. The number of oxazole rings is 1. The lowest BCUT2D eigenvalue weighted by atomic mass is 10.2. The molecule has 0 aliphatic carbocycles. The van der Waals surface area contributed by atoms with Gasteiger partial charge in [0.05, 0.1) is 23.9 Å². The molecule has 4 rings (SSSR count). The minimum absolute atomic E-state index is 0.0370. The van der Waals surface area contributed by atoms with Gasteiger partial charge in [-0.2, -0.15) is 0 Å². The Morgan fingerprint density at radius 2 is 1.91 bits per heavy atom. The quantitative estimate of drug-likeness (QED) is 0.413. The monoisotopic (exact) mass is 454 g/mol. The average molecular weight is 454 g/mol. The fraction of sp³-hybridized carbons (Fsp3) is 0.0909. The van der Waals surface area contributed by atoms with Crippen LogP contribution in [0.4, 0.5) is 16.1 Å². The molecular formula is C22H19FN4O4S. The predicted octanol–water partition coefficient (Wildman–Crippen LogP) is 4.11.